The average molecular weight is 241 g/mol. The number of benzene rings is 1. The molecule has 0 amide bonds. The van der Waals surface area contributed by atoms with Gasteiger partial charge < -0.3 is 4.74 Å². The highest BCUT2D eigenvalue weighted by Gasteiger charge is 1.96. The second-order valence-corrected chi connectivity index (χ2v) is 3.23. The summed E-state index contributed by atoms with van der Waals surface area (Å²) in [5.41, 5.74) is 0.952. The first kappa shape index (κ1) is 9.99. The van der Waals surface area contributed by atoms with E-state index < -0.39 is 0 Å². The smallest absolute Gasteiger partial charge is 0.143 e. The summed E-state index contributed by atoms with van der Waals surface area (Å²) in [5, 5.41) is 0. The molecule has 0 saturated heterocycles. The molecule has 0 aliphatic heterocycles. The molecule has 0 aromatic heterocycles. The fraction of sp³-hybridized carbons (Fsp3) is 0.100. The van der Waals surface area contributed by atoms with Crippen LogP contribution in [-0.2, 0) is 4.79 Å². The minimum absolute atomic E-state index is 0.744. The molecule has 0 spiro atoms. The van der Waals surface area contributed by atoms with Gasteiger partial charge in [-0.05, 0) is 23.8 Å². The lowest BCUT2D eigenvalue weighted by molar-refractivity contribution is -0.104. The Morgan fingerprint density at radius 1 is 1.38 bits per heavy atom. The normalized spacial score (nSPS) is 11.1. The van der Waals surface area contributed by atoms with E-state index in [2.05, 4.69) is 15.9 Å². The van der Waals surface area contributed by atoms with Gasteiger partial charge in [-0.15, -0.1) is 0 Å². The summed E-state index contributed by atoms with van der Waals surface area (Å²) in [6.07, 6.45) is 2.20. The van der Waals surface area contributed by atoms with Gasteiger partial charge >= 0.3 is 0 Å². The molecule has 0 bridgehead atoms. The molecule has 0 fully saturated rings. The molecule has 2 nitrogen and oxygen atoms in total. The quantitative estimate of drug-likeness (QED) is 0.600. The Labute approximate surface area is 85.3 Å². The van der Waals surface area contributed by atoms with Gasteiger partial charge in [-0.1, -0.05) is 28.1 Å². The summed E-state index contributed by atoms with van der Waals surface area (Å²) in [4.78, 5) is 10.2. The summed E-state index contributed by atoms with van der Waals surface area (Å²) >= 11 is 3.28. The fourth-order valence-corrected chi connectivity index (χ4v) is 1.28. The van der Waals surface area contributed by atoms with Crippen molar-refractivity contribution in [3.63, 3.8) is 0 Å². The molecule has 1 aromatic carbocycles. The van der Waals surface area contributed by atoms with Crippen molar-refractivity contribution >= 4 is 26.7 Å². The minimum atomic E-state index is 0.744. The van der Waals surface area contributed by atoms with Gasteiger partial charge in [-0.2, -0.15) is 0 Å². The van der Waals surface area contributed by atoms with E-state index in [1.54, 1.807) is 7.11 Å². The maximum Gasteiger partial charge on any atom is 0.143 e. The predicted molar refractivity (Wildman–Crippen MR) is 56.0 cm³/mol. The average Bonchev–Trinajstić information content (AvgIpc) is 2.18. The van der Waals surface area contributed by atoms with Crippen molar-refractivity contribution in [2.75, 3.05) is 7.11 Å². The SMILES string of the molecule is COc1ccc(/C(Br)=C/C=O)cc1. The molecular formula is C10H9BrO2. The first-order valence-corrected chi connectivity index (χ1v) is 4.52. The zero-order valence-electron chi connectivity index (χ0n) is 7.16. The Morgan fingerprint density at radius 3 is 2.46 bits per heavy atom. The Hall–Kier alpha value is -1.09. The summed E-state index contributed by atoms with van der Waals surface area (Å²) in [6.45, 7) is 0. The van der Waals surface area contributed by atoms with E-state index >= 15 is 0 Å². The molecule has 0 N–H and O–H groups in total. The van der Waals surface area contributed by atoms with E-state index in [1.165, 1.54) is 6.08 Å². The van der Waals surface area contributed by atoms with Gasteiger partial charge in [0.25, 0.3) is 0 Å². The number of rotatable bonds is 3. The molecule has 0 radical (unpaired) electrons. The zero-order chi connectivity index (χ0) is 9.68. The van der Waals surface area contributed by atoms with Crippen molar-refractivity contribution in [1.82, 2.24) is 0 Å². The van der Waals surface area contributed by atoms with E-state index in [0.717, 1.165) is 22.1 Å². The molecule has 0 heterocycles. The molecule has 0 atom stereocenters. The molecule has 0 saturated carbocycles. The van der Waals surface area contributed by atoms with Gasteiger partial charge in [0.2, 0.25) is 0 Å². The highest BCUT2D eigenvalue weighted by molar-refractivity contribution is 9.15. The standard InChI is InChI=1S/C10H9BrO2/c1-13-9-4-2-8(3-5-9)10(11)6-7-12/h2-7H,1H3/b10-6-. The first-order valence-electron chi connectivity index (χ1n) is 3.73. The zero-order valence-corrected chi connectivity index (χ0v) is 8.74. The van der Waals surface area contributed by atoms with Crippen molar-refractivity contribution in [3.8, 4) is 5.75 Å². The van der Waals surface area contributed by atoms with Crippen LogP contribution in [0.1, 0.15) is 5.56 Å². The van der Waals surface area contributed by atoms with Crippen molar-refractivity contribution < 1.29 is 9.53 Å². The molecular weight excluding hydrogens is 232 g/mol. The third kappa shape index (κ3) is 2.70. The van der Waals surface area contributed by atoms with Crippen LogP contribution in [0.5, 0.6) is 5.75 Å². The van der Waals surface area contributed by atoms with E-state index in [4.69, 9.17) is 4.74 Å². The molecule has 0 unspecified atom stereocenters. The number of aldehydes is 1. The number of ether oxygens (including phenoxy) is 1. The fourth-order valence-electron chi connectivity index (χ4n) is 0.906. The van der Waals surface area contributed by atoms with Crippen molar-refractivity contribution in [3.05, 3.63) is 35.9 Å². The lowest BCUT2D eigenvalue weighted by Gasteiger charge is -2.01. The highest BCUT2D eigenvalue weighted by Crippen LogP contribution is 2.22. The van der Waals surface area contributed by atoms with E-state index in [9.17, 15) is 4.79 Å². The highest BCUT2D eigenvalue weighted by atomic mass is 79.9. The van der Waals surface area contributed by atoms with Crippen LogP contribution >= 0.6 is 15.9 Å². The van der Waals surface area contributed by atoms with Crippen LogP contribution in [0, 0.1) is 0 Å². The van der Waals surface area contributed by atoms with Crippen LogP contribution in [-0.4, -0.2) is 13.4 Å². The van der Waals surface area contributed by atoms with Gasteiger partial charge in [-0.25, -0.2) is 0 Å². The number of allylic oxidation sites excluding steroid dienone is 1. The third-order valence-corrected chi connectivity index (χ3v) is 2.30. The maximum atomic E-state index is 10.2. The Bertz CT molecular complexity index is 314. The van der Waals surface area contributed by atoms with Crippen LogP contribution in [0.3, 0.4) is 0 Å². The summed E-state index contributed by atoms with van der Waals surface area (Å²) in [5.74, 6) is 0.801. The Balaban J connectivity index is 2.91. The van der Waals surface area contributed by atoms with Crippen LogP contribution in [0.4, 0.5) is 0 Å². The van der Waals surface area contributed by atoms with Crippen molar-refractivity contribution in [2.24, 2.45) is 0 Å². The van der Waals surface area contributed by atoms with Crippen molar-refractivity contribution in [1.29, 1.82) is 0 Å². The molecule has 0 aliphatic carbocycles. The number of methoxy groups -OCH3 is 1. The largest absolute Gasteiger partial charge is 0.497 e. The summed E-state index contributed by atoms with van der Waals surface area (Å²) in [7, 11) is 1.62. The van der Waals surface area contributed by atoms with Gasteiger partial charge in [0.1, 0.15) is 12.0 Å². The molecule has 13 heavy (non-hydrogen) atoms. The third-order valence-electron chi connectivity index (χ3n) is 1.58. The van der Waals surface area contributed by atoms with Gasteiger partial charge in [-0.3, -0.25) is 4.79 Å². The van der Waals surface area contributed by atoms with Crippen LogP contribution in [0.2, 0.25) is 0 Å². The Morgan fingerprint density at radius 2 is 2.00 bits per heavy atom. The number of hydrogen-bond donors (Lipinski definition) is 0. The van der Waals surface area contributed by atoms with E-state index in [0.29, 0.717) is 0 Å². The number of halogens is 1. The molecule has 3 heteroatoms. The van der Waals surface area contributed by atoms with Crippen LogP contribution in [0.15, 0.2) is 30.3 Å². The lowest BCUT2D eigenvalue weighted by atomic mass is 10.2. The number of hydrogen-bond acceptors (Lipinski definition) is 2. The van der Waals surface area contributed by atoms with Gasteiger partial charge in [0, 0.05) is 4.48 Å². The molecule has 1 aromatic rings. The first-order chi connectivity index (χ1) is 6.27. The maximum absolute atomic E-state index is 10.2. The van der Waals surface area contributed by atoms with E-state index in [1.807, 2.05) is 24.3 Å². The second-order valence-electron chi connectivity index (χ2n) is 2.38. The topological polar surface area (TPSA) is 26.3 Å². The lowest BCUT2D eigenvalue weighted by Crippen LogP contribution is -1.82. The number of carbonyl (C=O) groups is 1. The minimum Gasteiger partial charge on any atom is -0.497 e. The summed E-state index contributed by atoms with van der Waals surface area (Å²) in [6, 6.07) is 7.44. The predicted octanol–water partition coefficient (Wildman–Crippen LogP) is 2.63. The van der Waals surface area contributed by atoms with Crippen molar-refractivity contribution in [2.45, 2.75) is 0 Å². The summed E-state index contributed by atoms with van der Waals surface area (Å²) < 4.78 is 5.77. The molecule has 1 rings (SSSR count). The van der Waals surface area contributed by atoms with Crippen LogP contribution in [0.25, 0.3) is 4.48 Å². The monoisotopic (exact) mass is 240 g/mol. The molecule has 0 aliphatic rings. The second kappa shape index (κ2) is 4.82. The van der Waals surface area contributed by atoms with E-state index in [-0.39, 0.29) is 0 Å². The number of carbonyl (C=O) groups excluding carboxylic acids is 1. The Kier molecular flexibility index (Phi) is 3.71. The van der Waals surface area contributed by atoms with Crippen LogP contribution < -0.4 is 4.74 Å². The van der Waals surface area contributed by atoms with Gasteiger partial charge in [0.15, 0.2) is 0 Å². The van der Waals surface area contributed by atoms with Gasteiger partial charge in [0.05, 0.1) is 7.11 Å². The molecule has 68 valence electrons.